The van der Waals surface area contributed by atoms with Gasteiger partial charge in [-0.3, -0.25) is 4.98 Å². The SMILES string of the molecule is COc1ccc(CN(Cc2ccc(OC)cc2OC)S(=O)(=O)c2cncc(Br)c2)c(OC)c1. The maximum atomic E-state index is 13.7. The highest BCUT2D eigenvalue weighted by Gasteiger charge is 2.28. The maximum absolute atomic E-state index is 13.7. The van der Waals surface area contributed by atoms with Gasteiger partial charge >= 0.3 is 0 Å². The normalized spacial score (nSPS) is 11.3. The van der Waals surface area contributed by atoms with Crippen molar-refractivity contribution in [2.45, 2.75) is 18.0 Å². The van der Waals surface area contributed by atoms with E-state index in [1.807, 2.05) is 0 Å². The molecule has 3 rings (SSSR count). The molecule has 0 unspecified atom stereocenters. The van der Waals surface area contributed by atoms with Gasteiger partial charge in [0, 0.05) is 53.2 Å². The Morgan fingerprint density at radius 1 is 0.788 bits per heavy atom. The summed E-state index contributed by atoms with van der Waals surface area (Å²) in [6.45, 7) is 0.106. The predicted octanol–water partition coefficient (Wildman–Crippen LogP) is 4.27. The van der Waals surface area contributed by atoms with Crippen molar-refractivity contribution in [3.05, 3.63) is 70.5 Å². The number of hydrogen-bond donors (Lipinski definition) is 0. The molecule has 2 aromatic carbocycles. The van der Waals surface area contributed by atoms with Gasteiger partial charge in [0.05, 0.1) is 28.4 Å². The summed E-state index contributed by atoms with van der Waals surface area (Å²) in [4.78, 5) is 4.09. The second kappa shape index (κ2) is 10.9. The van der Waals surface area contributed by atoms with Gasteiger partial charge in [-0.15, -0.1) is 0 Å². The second-order valence-corrected chi connectivity index (χ2v) is 9.82. The van der Waals surface area contributed by atoms with Crippen LogP contribution in [0.4, 0.5) is 0 Å². The third-order valence-electron chi connectivity index (χ3n) is 5.00. The number of methoxy groups -OCH3 is 4. The fraction of sp³-hybridized carbons (Fsp3) is 0.261. The third-order valence-corrected chi connectivity index (χ3v) is 7.19. The minimum Gasteiger partial charge on any atom is -0.497 e. The number of halogens is 1. The number of pyridine rings is 1. The molecule has 3 aromatic rings. The maximum Gasteiger partial charge on any atom is 0.245 e. The Morgan fingerprint density at radius 2 is 1.30 bits per heavy atom. The Labute approximate surface area is 202 Å². The molecule has 0 atom stereocenters. The van der Waals surface area contributed by atoms with Crippen LogP contribution < -0.4 is 18.9 Å². The lowest BCUT2D eigenvalue weighted by molar-refractivity contribution is 0.358. The van der Waals surface area contributed by atoms with Gasteiger partial charge in [0.2, 0.25) is 10.0 Å². The van der Waals surface area contributed by atoms with Crippen LogP contribution in [0.1, 0.15) is 11.1 Å². The Bertz CT molecular complexity index is 1160. The van der Waals surface area contributed by atoms with Gasteiger partial charge in [-0.2, -0.15) is 4.31 Å². The molecule has 10 heteroatoms. The monoisotopic (exact) mass is 536 g/mol. The van der Waals surface area contributed by atoms with Gasteiger partial charge in [0.25, 0.3) is 0 Å². The van der Waals surface area contributed by atoms with E-state index >= 15 is 0 Å². The van der Waals surface area contributed by atoms with Crippen LogP contribution in [0, 0.1) is 0 Å². The Hall–Kier alpha value is -2.82. The predicted molar refractivity (Wildman–Crippen MR) is 127 cm³/mol. The van der Waals surface area contributed by atoms with E-state index in [0.29, 0.717) is 38.6 Å². The van der Waals surface area contributed by atoms with E-state index < -0.39 is 10.0 Å². The molecule has 176 valence electrons. The van der Waals surface area contributed by atoms with E-state index in [2.05, 4.69) is 20.9 Å². The minimum atomic E-state index is -3.93. The van der Waals surface area contributed by atoms with Gasteiger partial charge in [-0.05, 0) is 34.1 Å². The van der Waals surface area contributed by atoms with E-state index in [1.165, 1.54) is 37.0 Å². The number of benzene rings is 2. The summed E-state index contributed by atoms with van der Waals surface area (Å²) in [7, 11) is 2.24. The van der Waals surface area contributed by atoms with Gasteiger partial charge in [-0.1, -0.05) is 12.1 Å². The largest absolute Gasteiger partial charge is 0.497 e. The first-order valence-electron chi connectivity index (χ1n) is 9.85. The molecule has 0 N–H and O–H groups in total. The third kappa shape index (κ3) is 5.76. The topological polar surface area (TPSA) is 87.2 Å². The van der Waals surface area contributed by atoms with Gasteiger partial charge in [0.15, 0.2) is 0 Å². The van der Waals surface area contributed by atoms with Gasteiger partial charge in [-0.25, -0.2) is 8.42 Å². The Morgan fingerprint density at radius 3 is 1.73 bits per heavy atom. The number of rotatable bonds is 10. The molecule has 0 amide bonds. The van der Waals surface area contributed by atoms with Crippen molar-refractivity contribution < 1.29 is 27.4 Å². The molecule has 0 bridgehead atoms. The Balaban J connectivity index is 2.07. The molecular formula is C23H25BrN2O6S. The zero-order chi connectivity index (χ0) is 24.0. The molecule has 0 spiro atoms. The number of hydrogen-bond acceptors (Lipinski definition) is 7. The number of aromatic nitrogens is 1. The fourth-order valence-electron chi connectivity index (χ4n) is 3.25. The zero-order valence-corrected chi connectivity index (χ0v) is 21.1. The average Bonchev–Trinajstić information content (AvgIpc) is 2.83. The lowest BCUT2D eigenvalue weighted by Gasteiger charge is -2.24. The summed E-state index contributed by atoms with van der Waals surface area (Å²) in [5.74, 6) is 2.25. The van der Waals surface area contributed by atoms with Crippen LogP contribution in [0.5, 0.6) is 23.0 Å². The summed E-state index contributed by atoms with van der Waals surface area (Å²) in [6.07, 6.45) is 2.85. The molecule has 0 aliphatic rings. The first kappa shape index (κ1) is 24.8. The van der Waals surface area contributed by atoms with Crippen LogP contribution >= 0.6 is 15.9 Å². The molecule has 0 aliphatic heterocycles. The molecule has 0 saturated carbocycles. The molecule has 0 fully saturated rings. The summed E-state index contributed by atoms with van der Waals surface area (Å²) in [5.41, 5.74) is 1.36. The minimum absolute atomic E-state index is 0.0528. The first-order valence-corrected chi connectivity index (χ1v) is 12.1. The van der Waals surface area contributed by atoms with Crippen molar-refractivity contribution in [3.63, 3.8) is 0 Å². The zero-order valence-electron chi connectivity index (χ0n) is 18.7. The Kier molecular flexibility index (Phi) is 8.17. The van der Waals surface area contributed by atoms with Crippen LogP contribution in [0.2, 0.25) is 0 Å². The molecule has 1 heterocycles. The highest BCUT2D eigenvalue weighted by Crippen LogP contribution is 2.32. The summed E-state index contributed by atoms with van der Waals surface area (Å²) in [6, 6.07) is 12.0. The standard InChI is InChI=1S/C23H25BrN2O6S/c1-29-19-7-5-16(22(10-19)31-3)14-26(33(27,28)21-9-18(24)12-25-13-21)15-17-6-8-20(30-2)11-23(17)32-4/h5-13H,14-15H2,1-4H3. The summed E-state index contributed by atoms with van der Waals surface area (Å²) < 4.78 is 50.8. The number of nitrogens with zero attached hydrogens (tertiary/aromatic N) is 2. The molecule has 0 radical (unpaired) electrons. The van der Waals surface area contributed by atoms with Crippen molar-refractivity contribution in [3.8, 4) is 23.0 Å². The van der Waals surface area contributed by atoms with E-state index in [1.54, 1.807) is 50.6 Å². The molecule has 0 aliphatic carbocycles. The fourth-order valence-corrected chi connectivity index (χ4v) is 5.16. The molecule has 33 heavy (non-hydrogen) atoms. The van der Waals surface area contributed by atoms with E-state index in [-0.39, 0.29) is 18.0 Å². The van der Waals surface area contributed by atoms with Gasteiger partial charge < -0.3 is 18.9 Å². The van der Waals surface area contributed by atoms with Gasteiger partial charge in [0.1, 0.15) is 27.9 Å². The molecular weight excluding hydrogens is 512 g/mol. The van der Waals surface area contributed by atoms with Crippen molar-refractivity contribution in [1.29, 1.82) is 0 Å². The summed E-state index contributed by atoms with van der Waals surface area (Å²) in [5, 5.41) is 0. The van der Waals surface area contributed by atoms with Crippen molar-refractivity contribution in [1.82, 2.24) is 9.29 Å². The quantitative estimate of drug-likeness (QED) is 0.382. The van der Waals surface area contributed by atoms with E-state index in [0.717, 1.165) is 0 Å². The van der Waals surface area contributed by atoms with Crippen molar-refractivity contribution in [2.24, 2.45) is 0 Å². The number of sulfonamides is 1. The van der Waals surface area contributed by atoms with E-state index in [4.69, 9.17) is 18.9 Å². The van der Waals surface area contributed by atoms with Crippen LogP contribution in [0.3, 0.4) is 0 Å². The van der Waals surface area contributed by atoms with Crippen LogP contribution in [-0.4, -0.2) is 46.1 Å². The highest BCUT2D eigenvalue weighted by atomic mass is 79.9. The van der Waals surface area contributed by atoms with Crippen molar-refractivity contribution >= 4 is 26.0 Å². The molecule has 1 aromatic heterocycles. The van der Waals surface area contributed by atoms with Crippen LogP contribution in [0.15, 0.2) is 64.2 Å². The smallest absolute Gasteiger partial charge is 0.245 e. The van der Waals surface area contributed by atoms with Crippen molar-refractivity contribution in [2.75, 3.05) is 28.4 Å². The summed E-state index contributed by atoms with van der Waals surface area (Å²) >= 11 is 3.30. The lowest BCUT2D eigenvalue weighted by atomic mass is 10.1. The lowest BCUT2D eigenvalue weighted by Crippen LogP contribution is -2.30. The van der Waals surface area contributed by atoms with E-state index in [9.17, 15) is 8.42 Å². The van der Waals surface area contributed by atoms with Crippen LogP contribution in [0.25, 0.3) is 0 Å². The average molecular weight is 537 g/mol. The van der Waals surface area contributed by atoms with Crippen LogP contribution in [-0.2, 0) is 23.1 Å². The highest BCUT2D eigenvalue weighted by molar-refractivity contribution is 9.10. The molecule has 0 saturated heterocycles. The number of ether oxygens (including phenoxy) is 4. The first-order chi connectivity index (χ1) is 15.8. The molecule has 8 nitrogen and oxygen atoms in total. The second-order valence-electron chi connectivity index (χ2n) is 6.97.